The van der Waals surface area contributed by atoms with Gasteiger partial charge in [0.25, 0.3) is 0 Å². The van der Waals surface area contributed by atoms with E-state index in [1.807, 2.05) is 13.8 Å². The maximum atomic E-state index is 12.1. The van der Waals surface area contributed by atoms with Crippen molar-refractivity contribution in [3.63, 3.8) is 0 Å². The summed E-state index contributed by atoms with van der Waals surface area (Å²) in [5, 5.41) is 31.9. The van der Waals surface area contributed by atoms with Gasteiger partial charge in [0.1, 0.15) is 31.0 Å². The highest BCUT2D eigenvalue weighted by Gasteiger charge is 2.59. The SMILES string of the molecule is C=C(C)[C@@H](CC)CC[C@@H](C)[C@H]1CCC2C3CC=C4CC(O[C@@H]5O[C@@H](COC(=O)CC(C)C)[C@@H](O)[C@H](O)[C@H]5O)CC[C@]4(C)C3CC[C@@]21C. The Morgan fingerprint density at radius 1 is 1.02 bits per heavy atom. The Bertz CT molecular complexity index is 1130. The van der Waals surface area contributed by atoms with Crippen LogP contribution in [0.15, 0.2) is 23.8 Å². The molecule has 0 spiro atoms. The number of esters is 1. The molecule has 47 heavy (non-hydrogen) atoms. The summed E-state index contributed by atoms with van der Waals surface area (Å²) >= 11 is 0. The molecule has 5 rings (SSSR count). The van der Waals surface area contributed by atoms with E-state index in [2.05, 4.69) is 47.3 Å². The third-order valence-electron chi connectivity index (χ3n) is 14.0. The summed E-state index contributed by atoms with van der Waals surface area (Å²) in [7, 11) is 0. The molecule has 5 aliphatic rings. The lowest BCUT2D eigenvalue weighted by atomic mass is 9.47. The number of hydrogen-bond donors (Lipinski definition) is 3. The minimum Gasteiger partial charge on any atom is -0.463 e. The van der Waals surface area contributed by atoms with Crippen LogP contribution in [0.25, 0.3) is 0 Å². The molecule has 4 aliphatic carbocycles. The number of ether oxygens (including phenoxy) is 3. The summed E-state index contributed by atoms with van der Waals surface area (Å²) in [6.45, 7) is 20.1. The number of allylic oxidation sites excluding steroid dienone is 2. The van der Waals surface area contributed by atoms with Crippen LogP contribution >= 0.6 is 0 Å². The second kappa shape index (κ2) is 14.9. The molecule has 0 aromatic carbocycles. The molecular weight excluding hydrogens is 592 g/mol. The molecule has 4 unspecified atom stereocenters. The van der Waals surface area contributed by atoms with E-state index in [1.54, 1.807) is 0 Å². The van der Waals surface area contributed by atoms with Crippen molar-refractivity contribution in [1.29, 1.82) is 0 Å². The molecule has 0 aromatic rings. The third kappa shape index (κ3) is 7.45. The molecule has 3 saturated carbocycles. The molecule has 4 fully saturated rings. The van der Waals surface area contributed by atoms with E-state index in [0.717, 1.165) is 49.4 Å². The van der Waals surface area contributed by atoms with Gasteiger partial charge in [-0.2, -0.15) is 0 Å². The molecule has 0 aromatic heterocycles. The molecule has 0 bridgehead atoms. The topological polar surface area (TPSA) is 105 Å². The van der Waals surface area contributed by atoms with Crippen LogP contribution in [-0.4, -0.2) is 64.7 Å². The van der Waals surface area contributed by atoms with Gasteiger partial charge in [-0.25, -0.2) is 0 Å². The Kier molecular flexibility index (Phi) is 11.8. The van der Waals surface area contributed by atoms with E-state index in [9.17, 15) is 20.1 Å². The van der Waals surface area contributed by atoms with Gasteiger partial charge in [-0.05, 0) is 130 Å². The number of fused-ring (bicyclic) bond motifs is 5. The predicted octanol–water partition coefficient (Wildman–Crippen LogP) is 7.37. The van der Waals surface area contributed by atoms with Gasteiger partial charge in [0.15, 0.2) is 6.29 Å². The van der Waals surface area contributed by atoms with Crippen LogP contribution in [-0.2, 0) is 19.0 Å². The Balaban J connectivity index is 1.20. The smallest absolute Gasteiger partial charge is 0.306 e. The number of hydrogen-bond acceptors (Lipinski definition) is 7. The first-order valence-corrected chi connectivity index (χ1v) is 19.0. The minimum absolute atomic E-state index is 0.145. The summed E-state index contributed by atoms with van der Waals surface area (Å²) in [5.74, 6) is 4.25. The molecular formula is C40H66O7. The highest BCUT2D eigenvalue weighted by molar-refractivity contribution is 5.69. The molecule has 1 saturated heterocycles. The number of rotatable bonds is 12. The molecule has 7 nitrogen and oxygen atoms in total. The van der Waals surface area contributed by atoms with E-state index in [4.69, 9.17) is 14.2 Å². The highest BCUT2D eigenvalue weighted by Crippen LogP contribution is 2.67. The van der Waals surface area contributed by atoms with E-state index >= 15 is 0 Å². The van der Waals surface area contributed by atoms with Crippen LogP contribution in [0.4, 0.5) is 0 Å². The van der Waals surface area contributed by atoms with Crippen molar-refractivity contribution in [2.75, 3.05) is 6.61 Å². The lowest BCUT2D eigenvalue weighted by molar-refractivity contribution is -0.313. The first kappa shape index (κ1) is 37.0. The summed E-state index contributed by atoms with van der Waals surface area (Å²) in [6.07, 6.45) is 9.41. The van der Waals surface area contributed by atoms with Gasteiger partial charge in [0.2, 0.25) is 0 Å². The molecule has 1 aliphatic heterocycles. The van der Waals surface area contributed by atoms with Gasteiger partial charge in [0.05, 0.1) is 6.10 Å². The van der Waals surface area contributed by atoms with Gasteiger partial charge >= 0.3 is 5.97 Å². The summed E-state index contributed by atoms with van der Waals surface area (Å²) in [5.41, 5.74) is 3.43. The number of carbonyl (C=O) groups excluding carboxylic acids is 1. The zero-order valence-corrected chi connectivity index (χ0v) is 30.5. The largest absolute Gasteiger partial charge is 0.463 e. The second-order valence-electron chi connectivity index (χ2n) is 17.3. The van der Waals surface area contributed by atoms with Crippen LogP contribution in [0.3, 0.4) is 0 Å². The Morgan fingerprint density at radius 2 is 1.77 bits per heavy atom. The maximum absolute atomic E-state index is 12.1. The quantitative estimate of drug-likeness (QED) is 0.149. The van der Waals surface area contributed by atoms with Crippen LogP contribution < -0.4 is 0 Å². The zero-order valence-electron chi connectivity index (χ0n) is 30.5. The van der Waals surface area contributed by atoms with Gasteiger partial charge < -0.3 is 29.5 Å². The second-order valence-corrected chi connectivity index (χ2v) is 17.3. The monoisotopic (exact) mass is 658 g/mol. The van der Waals surface area contributed by atoms with E-state index < -0.39 is 30.7 Å². The highest BCUT2D eigenvalue weighted by atomic mass is 16.7. The van der Waals surface area contributed by atoms with Crippen molar-refractivity contribution in [3.05, 3.63) is 23.8 Å². The van der Waals surface area contributed by atoms with Crippen molar-refractivity contribution in [3.8, 4) is 0 Å². The van der Waals surface area contributed by atoms with Crippen molar-refractivity contribution < 1.29 is 34.3 Å². The fraction of sp³-hybridized carbons (Fsp3) is 0.875. The van der Waals surface area contributed by atoms with Gasteiger partial charge in [-0.15, -0.1) is 0 Å². The van der Waals surface area contributed by atoms with Crippen LogP contribution in [0.2, 0.25) is 0 Å². The van der Waals surface area contributed by atoms with Gasteiger partial charge in [-0.1, -0.05) is 65.3 Å². The minimum atomic E-state index is -1.44. The first-order chi connectivity index (χ1) is 22.2. The molecule has 1 heterocycles. The van der Waals surface area contributed by atoms with Crippen LogP contribution in [0.1, 0.15) is 126 Å². The Labute approximate surface area is 284 Å². The fourth-order valence-electron chi connectivity index (χ4n) is 11.1. The van der Waals surface area contributed by atoms with E-state index in [0.29, 0.717) is 17.3 Å². The average Bonchev–Trinajstić information content (AvgIpc) is 3.38. The van der Waals surface area contributed by atoms with Gasteiger partial charge in [-0.3, -0.25) is 4.79 Å². The lowest BCUT2D eigenvalue weighted by Crippen LogP contribution is -2.60. The fourth-order valence-corrected chi connectivity index (χ4v) is 11.1. The molecule has 14 atom stereocenters. The van der Waals surface area contributed by atoms with Crippen LogP contribution in [0.5, 0.6) is 0 Å². The van der Waals surface area contributed by atoms with Crippen molar-refractivity contribution >= 4 is 5.97 Å². The normalized spacial score (nSPS) is 42.9. The van der Waals surface area contributed by atoms with Gasteiger partial charge in [0, 0.05) is 6.42 Å². The molecule has 0 radical (unpaired) electrons. The van der Waals surface area contributed by atoms with Crippen molar-refractivity contribution in [1.82, 2.24) is 0 Å². The molecule has 268 valence electrons. The number of carbonyl (C=O) groups is 1. The van der Waals surface area contributed by atoms with E-state index in [1.165, 1.54) is 56.1 Å². The lowest BCUT2D eigenvalue weighted by Gasteiger charge is -2.58. The van der Waals surface area contributed by atoms with E-state index in [-0.39, 0.29) is 36.4 Å². The Hall–Kier alpha value is -1.25. The van der Waals surface area contributed by atoms with Crippen molar-refractivity contribution in [2.24, 2.45) is 52.3 Å². The number of aliphatic hydroxyl groups excluding tert-OH is 3. The Morgan fingerprint density at radius 3 is 2.45 bits per heavy atom. The molecule has 7 heteroatoms. The number of aliphatic hydroxyl groups is 3. The van der Waals surface area contributed by atoms with Crippen LogP contribution in [0, 0.1) is 52.3 Å². The molecule has 0 amide bonds. The average molecular weight is 659 g/mol. The summed E-state index contributed by atoms with van der Waals surface area (Å²) in [4.78, 5) is 12.1. The standard InChI is InChI=1S/C40H66O7/c1-9-26(24(4)5)11-10-25(6)30-14-15-31-29-13-12-27-21-28(16-18-39(27,7)32(29)17-19-40(30,31)8)46-38-37(44)36(43)35(42)33(47-38)22-45-34(41)20-23(2)3/h12,23,25-26,28-33,35-38,42-44H,4,9-11,13-22H2,1-3,5-8H3/t25-,26+,28?,29?,30-,31?,32?,33+,35-,36+,37-,38-,39+,40-/m1/s1. The predicted molar refractivity (Wildman–Crippen MR) is 184 cm³/mol. The first-order valence-electron chi connectivity index (χ1n) is 19.0. The summed E-state index contributed by atoms with van der Waals surface area (Å²) in [6, 6.07) is 0. The zero-order chi connectivity index (χ0) is 34.3. The summed E-state index contributed by atoms with van der Waals surface area (Å²) < 4.78 is 17.6. The van der Waals surface area contributed by atoms with Crippen molar-refractivity contribution in [2.45, 2.75) is 162 Å². The third-order valence-corrected chi connectivity index (χ3v) is 14.0. The molecule has 3 N–H and O–H groups in total. The maximum Gasteiger partial charge on any atom is 0.306 e.